The van der Waals surface area contributed by atoms with E-state index in [-0.39, 0.29) is 11.1 Å². The summed E-state index contributed by atoms with van der Waals surface area (Å²) in [4.78, 5) is 0. The Morgan fingerprint density at radius 3 is 2.33 bits per heavy atom. The van der Waals surface area contributed by atoms with E-state index in [9.17, 15) is 13.2 Å². The van der Waals surface area contributed by atoms with E-state index in [1.54, 1.807) is 0 Å². The van der Waals surface area contributed by atoms with Gasteiger partial charge in [-0.1, -0.05) is 11.6 Å². The van der Waals surface area contributed by atoms with E-state index in [0.29, 0.717) is 4.34 Å². The summed E-state index contributed by atoms with van der Waals surface area (Å²) in [6.45, 7) is 0. The van der Waals surface area contributed by atoms with Gasteiger partial charge in [-0.25, -0.2) is 13.2 Å². The van der Waals surface area contributed by atoms with Crippen molar-refractivity contribution in [2.75, 3.05) is 0 Å². The van der Waals surface area contributed by atoms with Crippen molar-refractivity contribution in [2.24, 2.45) is 0 Å². The van der Waals surface area contributed by atoms with Crippen molar-refractivity contribution < 1.29 is 13.2 Å². The third-order valence-corrected chi connectivity index (χ3v) is 2.99. The first-order valence-corrected chi connectivity index (χ1v) is 5.23. The van der Waals surface area contributed by atoms with Gasteiger partial charge in [0.05, 0.1) is 9.90 Å². The zero-order valence-corrected chi connectivity index (χ0v) is 8.80. The van der Waals surface area contributed by atoms with Crippen LogP contribution >= 0.6 is 22.9 Å². The molecule has 15 heavy (non-hydrogen) atoms. The van der Waals surface area contributed by atoms with Crippen LogP contribution in [0, 0.1) is 17.5 Å². The van der Waals surface area contributed by atoms with E-state index in [1.807, 2.05) is 0 Å². The van der Waals surface area contributed by atoms with Crippen LogP contribution in [0.2, 0.25) is 4.34 Å². The molecule has 0 bridgehead atoms. The van der Waals surface area contributed by atoms with E-state index < -0.39 is 17.5 Å². The standard InChI is InChI=1S/C10H4ClF3S/c11-8-3-5(4-15-8)9-6(12)1-2-7(13)10(9)14/h1-4H. The quantitative estimate of drug-likeness (QED) is 0.653. The molecule has 0 aliphatic rings. The molecular formula is C10H4ClF3S. The van der Waals surface area contributed by atoms with Crippen molar-refractivity contribution in [1.29, 1.82) is 0 Å². The van der Waals surface area contributed by atoms with E-state index in [1.165, 1.54) is 11.4 Å². The molecule has 0 radical (unpaired) electrons. The van der Waals surface area contributed by atoms with Crippen LogP contribution in [0.4, 0.5) is 13.2 Å². The first kappa shape index (κ1) is 10.5. The highest BCUT2D eigenvalue weighted by atomic mass is 35.5. The summed E-state index contributed by atoms with van der Waals surface area (Å²) in [5.41, 5.74) is -0.127. The summed E-state index contributed by atoms with van der Waals surface area (Å²) >= 11 is 6.77. The Morgan fingerprint density at radius 1 is 1.07 bits per heavy atom. The summed E-state index contributed by atoms with van der Waals surface area (Å²) in [6, 6.07) is 3.04. The average molecular weight is 249 g/mol. The van der Waals surface area contributed by atoms with Gasteiger partial charge in [-0.3, -0.25) is 0 Å². The molecule has 1 aromatic heterocycles. The second kappa shape index (κ2) is 3.87. The number of halogens is 4. The lowest BCUT2D eigenvalue weighted by Gasteiger charge is -2.02. The normalized spacial score (nSPS) is 10.7. The fourth-order valence-electron chi connectivity index (χ4n) is 1.23. The fraction of sp³-hybridized carbons (Fsp3) is 0. The van der Waals surface area contributed by atoms with Gasteiger partial charge in [-0.05, 0) is 23.8 Å². The van der Waals surface area contributed by atoms with Gasteiger partial charge in [0.2, 0.25) is 0 Å². The van der Waals surface area contributed by atoms with E-state index in [0.717, 1.165) is 23.5 Å². The summed E-state index contributed by atoms with van der Waals surface area (Å²) in [7, 11) is 0. The molecule has 0 nitrogen and oxygen atoms in total. The van der Waals surface area contributed by atoms with Crippen molar-refractivity contribution >= 4 is 22.9 Å². The molecule has 0 aliphatic heterocycles. The van der Waals surface area contributed by atoms with Crippen LogP contribution in [-0.4, -0.2) is 0 Å². The predicted octanol–water partition coefficient (Wildman–Crippen LogP) is 4.49. The molecule has 0 saturated heterocycles. The van der Waals surface area contributed by atoms with Gasteiger partial charge in [0, 0.05) is 5.38 Å². The highest BCUT2D eigenvalue weighted by molar-refractivity contribution is 7.14. The molecule has 0 atom stereocenters. The van der Waals surface area contributed by atoms with Crippen molar-refractivity contribution in [3.63, 3.8) is 0 Å². The van der Waals surface area contributed by atoms with Gasteiger partial charge in [0.15, 0.2) is 11.6 Å². The topological polar surface area (TPSA) is 0 Å². The monoisotopic (exact) mass is 248 g/mol. The lowest BCUT2D eigenvalue weighted by Crippen LogP contribution is -1.92. The van der Waals surface area contributed by atoms with E-state index in [2.05, 4.69) is 0 Å². The predicted molar refractivity (Wildman–Crippen MR) is 54.6 cm³/mol. The molecule has 1 aromatic carbocycles. The maximum atomic E-state index is 13.3. The van der Waals surface area contributed by atoms with Crippen molar-refractivity contribution in [3.05, 3.63) is 45.4 Å². The summed E-state index contributed by atoms with van der Waals surface area (Å²) in [5.74, 6) is -3.07. The van der Waals surface area contributed by atoms with E-state index >= 15 is 0 Å². The van der Waals surface area contributed by atoms with E-state index in [4.69, 9.17) is 11.6 Å². The lowest BCUT2D eigenvalue weighted by molar-refractivity contribution is 0.499. The van der Waals surface area contributed by atoms with Crippen LogP contribution in [0.15, 0.2) is 23.6 Å². The summed E-state index contributed by atoms with van der Waals surface area (Å²) < 4.78 is 39.9. The molecule has 0 amide bonds. The van der Waals surface area contributed by atoms with Gasteiger partial charge in [-0.2, -0.15) is 0 Å². The second-order valence-corrected chi connectivity index (χ2v) is 4.40. The van der Waals surface area contributed by atoms with Gasteiger partial charge < -0.3 is 0 Å². The third-order valence-electron chi connectivity index (χ3n) is 1.90. The Kier molecular flexibility index (Phi) is 2.71. The number of thiophene rings is 1. The van der Waals surface area contributed by atoms with Crippen LogP contribution in [0.3, 0.4) is 0 Å². The minimum atomic E-state index is -1.19. The highest BCUT2D eigenvalue weighted by Gasteiger charge is 2.16. The average Bonchev–Trinajstić information content (AvgIpc) is 2.59. The van der Waals surface area contributed by atoms with Gasteiger partial charge >= 0.3 is 0 Å². The molecule has 78 valence electrons. The molecule has 2 rings (SSSR count). The molecule has 0 fully saturated rings. The molecule has 0 N–H and O–H groups in total. The maximum absolute atomic E-state index is 13.3. The first-order chi connectivity index (χ1) is 7.09. The summed E-state index contributed by atoms with van der Waals surface area (Å²) in [5, 5.41) is 1.48. The maximum Gasteiger partial charge on any atom is 0.169 e. The Balaban J connectivity index is 2.66. The number of hydrogen-bond acceptors (Lipinski definition) is 1. The van der Waals surface area contributed by atoms with Crippen LogP contribution in [0.1, 0.15) is 0 Å². The molecular weight excluding hydrogens is 245 g/mol. The van der Waals surface area contributed by atoms with Crippen LogP contribution in [0.25, 0.3) is 11.1 Å². The van der Waals surface area contributed by atoms with Crippen LogP contribution in [-0.2, 0) is 0 Å². The van der Waals surface area contributed by atoms with Crippen molar-refractivity contribution in [2.45, 2.75) is 0 Å². The number of rotatable bonds is 1. The van der Waals surface area contributed by atoms with Gasteiger partial charge in [0.25, 0.3) is 0 Å². The Hall–Kier alpha value is -1.00. The van der Waals surface area contributed by atoms with Crippen LogP contribution < -0.4 is 0 Å². The fourth-order valence-corrected chi connectivity index (χ4v) is 2.10. The van der Waals surface area contributed by atoms with Crippen LogP contribution in [0.5, 0.6) is 0 Å². The van der Waals surface area contributed by atoms with Gasteiger partial charge in [-0.15, -0.1) is 11.3 Å². The molecule has 0 unspecified atom stereocenters. The Morgan fingerprint density at radius 2 is 1.73 bits per heavy atom. The SMILES string of the molecule is Fc1ccc(F)c(-c2csc(Cl)c2)c1F. The molecule has 0 saturated carbocycles. The minimum absolute atomic E-state index is 0.250. The molecule has 5 heteroatoms. The smallest absolute Gasteiger partial charge is 0.169 e. The van der Waals surface area contributed by atoms with Crippen molar-refractivity contribution in [3.8, 4) is 11.1 Å². The highest BCUT2D eigenvalue weighted by Crippen LogP contribution is 2.32. The zero-order valence-electron chi connectivity index (χ0n) is 7.23. The Bertz CT molecular complexity index is 507. The largest absolute Gasteiger partial charge is 0.206 e. The summed E-state index contributed by atoms with van der Waals surface area (Å²) in [6.07, 6.45) is 0. The molecule has 2 aromatic rings. The zero-order chi connectivity index (χ0) is 11.0. The third kappa shape index (κ3) is 1.87. The second-order valence-electron chi connectivity index (χ2n) is 2.86. The lowest BCUT2D eigenvalue weighted by atomic mass is 10.1. The number of benzene rings is 1. The molecule has 0 aliphatic carbocycles. The molecule has 0 spiro atoms. The van der Waals surface area contributed by atoms with Crippen molar-refractivity contribution in [1.82, 2.24) is 0 Å². The minimum Gasteiger partial charge on any atom is -0.206 e. The molecule has 1 heterocycles. The Labute approximate surface area is 92.9 Å². The first-order valence-electron chi connectivity index (χ1n) is 3.97. The number of hydrogen-bond donors (Lipinski definition) is 0. The van der Waals surface area contributed by atoms with Gasteiger partial charge in [0.1, 0.15) is 5.82 Å².